The summed E-state index contributed by atoms with van der Waals surface area (Å²) in [5.74, 6) is 2.15. The van der Waals surface area contributed by atoms with Crippen LogP contribution in [0.5, 0.6) is 5.75 Å². The minimum absolute atomic E-state index is 0.144. The lowest BCUT2D eigenvalue weighted by atomic mass is 10.2. The SMILES string of the molecule is COc1ccc(C)cc1NC(=O)CSc1nnc(-c2ccoc2C)n1Cc1ccccc1. The molecule has 7 nitrogen and oxygen atoms in total. The highest BCUT2D eigenvalue weighted by molar-refractivity contribution is 7.99. The fraction of sp³-hybridized carbons (Fsp3) is 0.208. The number of amides is 1. The molecule has 4 rings (SSSR count). The predicted molar refractivity (Wildman–Crippen MR) is 125 cm³/mol. The molecular weight excluding hydrogens is 424 g/mol. The van der Waals surface area contributed by atoms with Crippen molar-refractivity contribution in [3.63, 3.8) is 0 Å². The molecule has 0 saturated carbocycles. The molecule has 0 aliphatic carbocycles. The van der Waals surface area contributed by atoms with Crippen LogP contribution in [0.4, 0.5) is 5.69 Å². The lowest BCUT2D eigenvalue weighted by Crippen LogP contribution is -2.15. The van der Waals surface area contributed by atoms with Gasteiger partial charge in [-0.2, -0.15) is 0 Å². The number of nitrogens with zero attached hydrogens (tertiary/aromatic N) is 3. The molecule has 1 N–H and O–H groups in total. The minimum Gasteiger partial charge on any atom is -0.495 e. The first-order chi connectivity index (χ1) is 15.5. The second-order valence-corrected chi connectivity index (χ2v) is 8.25. The molecule has 2 aromatic carbocycles. The number of nitrogens with one attached hydrogen (secondary N) is 1. The number of aromatic nitrogens is 3. The molecule has 4 aromatic rings. The van der Waals surface area contributed by atoms with Crippen molar-refractivity contribution in [3.8, 4) is 17.1 Å². The van der Waals surface area contributed by atoms with Crippen molar-refractivity contribution in [1.82, 2.24) is 14.8 Å². The highest BCUT2D eigenvalue weighted by atomic mass is 32.2. The van der Waals surface area contributed by atoms with Gasteiger partial charge in [0, 0.05) is 0 Å². The maximum atomic E-state index is 12.7. The van der Waals surface area contributed by atoms with E-state index in [1.54, 1.807) is 13.4 Å². The summed E-state index contributed by atoms with van der Waals surface area (Å²) in [5, 5.41) is 12.4. The maximum absolute atomic E-state index is 12.7. The first-order valence-corrected chi connectivity index (χ1v) is 11.1. The van der Waals surface area contributed by atoms with Gasteiger partial charge in [0.25, 0.3) is 0 Å². The van der Waals surface area contributed by atoms with Gasteiger partial charge in [-0.3, -0.25) is 9.36 Å². The molecule has 0 unspecified atom stereocenters. The van der Waals surface area contributed by atoms with Gasteiger partial charge in [0.2, 0.25) is 5.91 Å². The third-order valence-corrected chi connectivity index (χ3v) is 5.93. The van der Waals surface area contributed by atoms with Crippen molar-refractivity contribution in [2.24, 2.45) is 0 Å². The molecule has 0 fully saturated rings. The molecule has 0 aliphatic rings. The molecule has 0 spiro atoms. The van der Waals surface area contributed by atoms with Gasteiger partial charge in [-0.15, -0.1) is 10.2 Å². The monoisotopic (exact) mass is 448 g/mol. The first kappa shape index (κ1) is 21.7. The zero-order valence-corrected chi connectivity index (χ0v) is 19.0. The van der Waals surface area contributed by atoms with Crippen molar-refractivity contribution in [3.05, 3.63) is 77.7 Å². The summed E-state index contributed by atoms with van der Waals surface area (Å²) in [6, 6.07) is 17.6. The van der Waals surface area contributed by atoms with E-state index in [9.17, 15) is 4.79 Å². The number of rotatable bonds is 8. The van der Waals surface area contributed by atoms with Crippen LogP contribution in [0.3, 0.4) is 0 Å². The van der Waals surface area contributed by atoms with E-state index in [0.29, 0.717) is 29.0 Å². The second kappa shape index (κ2) is 9.74. The molecule has 0 atom stereocenters. The number of ether oxygens (including phenoxy) is 1. The van der Waals surface area contributed by atoms with Crippen LogP contribution >= 0.6 is 11.8 Å². The van der Waals surface area contributed by atoms with Crippen LogP contribution in [0.15, 0.2) is 70.4 Å². The molecule has 0 bridgehead atoms. The molecule has 2 aromatic heterocycles. The molecule has 0 saturated heterocycles. The van der Waals surface area contributed by atoms with Crippen LogP contribution < -0.4 is 10.1 Å². The largest absolute Gasteiger partial charge is 0.495 e. The second-order valence-electron chi connectivity index (χ2n) is 7.31. The lowest BCUT2D eigenvalue weighted by molar-refractivity contribution is -0.113. The van der Waals surface area contributed by atoms with E-state index in [0.717, 1.165) is 22.5 Å². The van der Waals surface area contributed by atoms with Gasteiger partial charge < -0.3 is 14.5 Å². The molecular formula is C24H24N4O3S. The standard InChI is InChI=1S/C24H24N4O3S/c1-16-9-10-21(30-3)20(13-16)25-22(29)15-32-24-27-26-23(19-11-12-31-17(19)2)28(24)14-18-7-5-4-6-8-18/h4-13H,14-15H2,1-3H3,(H,25,29). The Morgan fingerprint density at radius 1 is 1.12 bits per heavy atom. The number of carbonyl (C=O) groups is 1. The van der Waals surface area contributed by atoms with E-state index < -0.39 is 0 Å². The Kier molecular flexibility index (Phi) is 6.61. The topological polar surface area (TPSA) is 82.2 Å². The Labute approximate surface area is 190 Å². The molecule has 1 amide bonds. The van der Waals surface area contributed by atoms with E-state index in [1.165, 1.54) is 11.8 Å². The number of hydrogen-bond acceptors (Lipinski definition) is 6. The normalized spacial score (nSPS) is 10.8. The Morgan fingerprint density at radius 2 is 1.94 bits per heavy atom. The quantitative estimate of drug-likeness (QED) is 0.384. The van der Waals surface area contributed by atoms with Gasteiger partial charge in [0.05, 0.1) is 36.9 Å². The van der Waals surface area contributed by atoms with Gasteiger partial charge in [0.1, 0.15) is 11.5 Å². The van der Waals surface area contributed by atoms with Crippen LogP contribution in [0.2, 0.25) is 0 Å². The minimum atomic E-state index is -0.144. The Balaban J connectivity index is 1.54. The van der Waals surface area contributed by atoms with E-state index in [4.69, 9.17) is 9.15 Å². The van der Waals surface area contributed by atoms with Gasteiger partial charge in [-0.05, 0) is 43.2 Å². The summed E-state index contributed by atoms with van der Waals surface area (Å²) in [6.45, 7) is 4.45. The molecule has 32 heavy (non-hydrogen) atoms. The number of benzene rings is 2. The summed E-state index contributed by atoms with van der Waals surface area (Å²) < 4.78 is 12.8. The Morgan fingerprint density at radius 3 is 2.66 bits per heavy atom. The fourth-order valence-electron chi connectivity index (χ4n) is 3.36. The highest BCUT2D eigenvalue weighted by Gasteiger charge is 2.19. The van der Waals surface area contributed by atoms with Crippen LogP contribution in [0.25, 0.3) is 11.4 Å². The molecule has 0 aliphatic heterocycles. The average molecular weight is 449 g/mol. The molecule has 2 heterocycles. The number of hydrogen-bond donors (Lipinski definition) is 1. The maximum Gasteiger partial charge on any atom is 0.234 e. The van der Waals surface area contributed by atoms with Crippen LogP contribution in [-0.4, -0.2) is 33.5 Å². The zero-order chi connectivity index (χ0) is 22.5. The molecule has 164 valence electrons. The Bertz CT molecular complexity index is 1220. The number of aryl methyl sites for hydroxylation is 2. The Hall–Kier alpha value is -3.52. The third kappa shape index (κ3) is 4.86. The van der Waals surface area contributed by atoms with Crippen molar-refractivity contribution in [2.75, 3.05) is 18.2 Å². The summed E-state index contributed by atoms with van der Waals surface area (Å²) in [4.78, 5) is 12.7. The van der Waals surface area contributed by atoms with Gasteiger partial charge in [-0.25, -0.2) is 0 Å². The van der Waals surface area contributed by atoms with Gasteiger partial charge in [-0.1, -0.05) is 48.2 Å². The molecule has 8 heteroatoms. The van der Waals surface area contributed by atoms with Crippen LogP contribution in [0, 0.1) is 13.8 Å². The number of thioether (sulfide) groups is 1. The first-order valence-electron chi connectivity index (χ1n) is 10.1. The van der Waals surface area contributed by atoms with E-state index in [-0.39, 0.29) is 11.7 Å². The van der Waals surface area contributed by atoms with Crippen molar-refractivity contribution >= 4 is 23.4 Å². The van der Waals surface area contributed by atoms with Crippen molar-refractivity contribution in [1.29, 1.82) is 0 Å². The van der Waals surface area contributed by atoms with Gasteiger partial charge >= 0.3 is 0 Å². The zero-order valence-electron chi connectivity index (χ0n) is 18.2. The van der Waals surface area contributed by atoms with E-state index >= 15 is 0 Å². The summed E-state index contributed by atoms with van der Waals surface area (Å²) in [6.07, 6.45) is 1.64. The van der Waals surface area contributed by atoms with Crippen molar-refractivity contribution < 1.29 is 13.9 Å². The van der Waals surface area contributed by atoms with E-state index in [2.05, 4.69) is 27.6 Å². The molecule has 0 radical (unpaired) electrons. The summed E-state index contributed by atoms with van der Waals surface area (Å²) in [5.41, 5.74) is 3.69. The highest BCUT2D eigenvalue weighted by Crippen LogP contribution is 2.29. The summed E-state index contributed by atoms with van der Waals surface area (Å²) >= 11 is 1.34. The number of carbonyl (C=O) groups excluding carboxylic acids is 1. The number of furan rings is 1. The van der Waals surface area contributed by atoms with Crippen molar-refractivity contribution in [2.45, 2.75) is 25.5 Å². The number of methoxy groups -OCH3 is 1. The fourth-order valence-corrected chi connectivity index (χ4v) is 4.09. The number of anilines is 1. The lowest BCUT2D eigenvalue weighted by Gasteiger charge is -2.12. The predicted octanol–water partition coefficient (Wildman–Crippen LogP) is 4.94. The third-order valence-electron chi connectivity index (χ3n) is 4.96. The van der Waals surface area contributed by atoms with Crippen LogP contribution in [0.1, 0.15) is 16.9 Å². The summed E-state index contributed by atoms with van der Waals surface area (Å²) in [7, 11) is 1.58. The van der Waals surface area contributed by atoms with Gasteiger partial charge in [0.15, 0.2) is 11.0 Å². The van der Waals surface area contributed by atoms with Crippen LogP contribution in [-0.2, 0) is 11.3 Å². The van der Waals surface area contributed by atoms with E-state index in [1.807, 2.05) is 60.9 Å². The average Bonchev–Trinajstić information content (AvgIpc) is 3.38. The smallest absolute Gasteiger partial charge is 0.234 e.